The van der Waals surface area contributed by atoms with Crippen LogP contribution in [0.25, 0.3) is 0 Å². The fraction of sp³-hybridized carbons (Fsp3) is 0.542. The van der Waals surface area contributed by atoms with E-state index in [9.17, 15) is 14.7 Å². The zero-order valence-electron chi connectivity index (χ0n) is 17.7. The molecule has 4 fully saturated rings. The van der Waals surface area contributed by atoms with E-state index in [0.717, 1.165) is 38.5 Å². The number of aliphatic carboxylic acids is 1. The van der Waals surface area contributed by atoms with Crippen molar-refractivity contribution in [2.24, 2.45) is 17.3 Å². The van der Waals surface area contributed by atoms with Crippen LogP contribution in [0.4, 0.5) is 5.69 Å². The molecule has 0 aliphatic heterocycles. The van der Waals surface area contributed by atoms with Gasteiger partial charge in [-0.1, -0.05) is 41.4 Å². The molecule has 0 amide bonds. The van der Waals surface area contributed by atoms with Gasteiger partial charge in [0.15, 0.2) is 0 Å². The van der Waals surface area contributed by atoms with Gasteiger partial charge in [-0.05, 0) is 69.3 Å². The van der Waals surface area contributed by atoms with Crippen LogP contribution in [0.2, 0.25) is 5.02 Å². The van der Waals surface area contributed by atoms with Gasteiger partial charge in [0.1, 0.15) is 5.02 Å². The van der Waals surface area contributed by atoms with E-state index in [1.165, 1.54) is 15.8 Å². The molecule has 0 spiro atoms. The lowest BCUT2D eigenvalue weighted by Crippen LogP contribution is -2.61. The van der Waals surface area contributed by atoms with E-state index in [2.05, 4.69) is 35.5 Å². The van der Waals surface area contributed by atoms with Crippen molar-refractivity contribution in [2.45, 2.75) is 57.4 Å². The van der Waals surface area contributed by atoms with Crippen LogP contribution >= 0.6 is 11.6 Å². The standard InChI is InChI=1S/C24H28ClN3O3/c1-15-3-2-4-16(7-15)5-6-26-19-13-27-28(21(29)20(19)25)24-11-17-8-18(12-24)10-23(9-17,14-24)22(30)31/h2-4,7,13,17-18,26H,5-6,8-12,14H2,1H3,(H,30,31)/t17-,18-,23?,24?/m0/s1. The Balaban J connectivity index is 1.38. The van der Waals surface area contributed by atoms with Crippen LogP contribution in [0, 0.1) is 24.2 Å². The average Bonchev–Trinajstić information content (AvgIpc) is 2.70. The number of carboxylic acids is 1. The predicted octanol–water partition coefficient (Wildman–Crippen LogP) is 4.24. The lowest BCUT2D eigenvalue weighted by atomic mass is 9.47. The number of halogens is 1. The number of hydrogen-bond donors (Lipinski definition) is 2. The molecule has 6 rings (SSSR count). The lowest BCUT2D eigenvalue weighted by molar-refractivity contribution is -0.173. The highest BCUT2D eigenvalue weighted by molar-refractivity contribution is 6.32. The summed E-state index contributed by atoms with van der Waals surface area (Å²) in [5, 5.41) is 17.9. The van der Waals surface area contributed by atoms with E-state index < -0.39 is 16.9 Å². The summed E-state index contributed by atoms with van der Waals surface area (Å²) in [7, 11) is 0. The Labute approximate surface area is 186 Å². The number of aryl methyl sites for hydroxylation is 1. The molecule has 1 heterocycles. The molecule has 4 saturated carbocycles. The summed E-state index contributed by atoms with van der Waals surface area (Å²) < 4.78 is 1.52. The zero-order chi connectivity index (χ0) is 21.8. The molecule has 7 heteroatoms. The van der Waals surface area contributed by atoms with Gasteiger partial charge in [-0.15, -0.1) is 0 Å². The molecule has 1 aromatic heterocycles. The number of carbonyl (C=O) groups is 1. The van der Waals surface area contributed by atoms with Crippen molar-refractivity contribution < 1.29 is 9.90 Å². The van der Waals surface area contributed by atoms with Crippen molar-refractivity contribution in [1.29, 1.82) is 0 Å². The van der Waals surface area contributed by atoms with Gasteiger partial charge in [-0.2, -0.15) is 5.10 Å². The third-order valence-electron chi connectivity index (χ3n) is 7.66. The van der Waals surface area contributed by atoms with Crippen LogP contribution in [0.5, 0.6) is 0 Å². The first-order valence-corrected chi connectivity index (χ1v) is 11.5. The van der Waals surface area contributed by atoms with E-state index in [0.29, 0.717) is 30.5 Å². The molecule has 164 valence electrons. The molecule has 2 N–H and O–H groups in total. The monoisotopic (exact) mass is 441 g/mol. The second-order valence-electron chi connectivity index (χ2n) is 10.0. The maximum atomic E-state index is 13.2. The maximum absolute atomic E-state index is 13.2. The third-order valence-corrected chi connectivity index (χ3v) is 8.03. The molecule has 0 saturated heterocycles. The van der Waals surface area contributed by atoms with Crippen LogP contribution < -0.4 is 10.9 Å². The largest absolute Gasteiger partial charge is 0.481 e. The summed E-state index contributed by atoms with van der Waals surface area (Å²) in [6.07, 6.45) is 7.08. The molecule has 4 aliphatic carbocycles. The molecule has 2 atom stereocenters. The SMILES string of the molecule is Cc1cccc(CCNc2cnn(C34C[C@H]5C[C@@H](CC(C(=O)O)(C5)C3)C4)c(=O)c2Cl)c1. The quantitative estimate of drug-likeness (QED) is 0.700. The Morgan fingerprint density at radius 2 is 2.03 bits per heavy atom. The molecule has 4 aliphatic rings. The number of hydrogen-bond acceptors (Lipinski definition) is 4. The van der Waals surface area contributed by atoms with Crippen LogP contribution in [0.3, 0.4) is 0 Å². The first kappa shape index (κ1) is 20.6. The van der Waals surface area contributed by atoms with Crippen molar-refractivity contribution >= 4 is 23.3 Å². The van der Waals surface area contributed by atoms with Gasteiger partial charge in [-0.3, -0.25) is 9.59 Å². The summed E-state index contributed by atoms with van der Waals surface area (Å²) in [4.78, 5) is 25.4. The fourth-order valence-electron chi connectivity index (χ4n) is 6.82. The van der Waals surface area contributed by atoms with E-state index >= 15 is 0 Å². The molecule has 1 aromatic carbocycles. The van der Waals surface area contributed by atoms with Crippen molar-refractivity contribution in [1.82, 2.24) is 9.78 Å². The first-order chi connectivity index (χ1) is 14.8. The van der Waals surface area contributed by atoms with E-state index in [1.54, 1.807) is 6.20 Å². The Morgan fingerprint density at radius 1 is 1.29 bits per heavy atom. The molecular weight excluding hydrogens is 414 g/mol. The number of nitrogens with one attached hydrogen (secondary N) is 1. The smallest absolute Gasteiger partial charge is 0.309 e. The van der Waals surface area contributed by atoms with E-state index in [4.69, 9.17) is 11.6 Å². The van der Waals surface area contributed by atoms with Gasteiger partial charge in [-0.25, -0.2) is 4.68 Å². The number of aromatic nitrogens is 2. The van der Waals surface area contributed by atoms with Crippen molar-refractivity contribution in [2.75, 3.05) is 11.9 Å². The minimum absolute atomic E-state index is 0.138. The first-order valence-electron chi connectivity index (χ1n) is 11.1. The molecule has 31 heavy (non-hydrogen) atoms. The zero-order valence-corrected chi connectivity index (χ0v) is 18.5. The summed E-state index contributed by atoms with van der Waals surface area (Å²) in [5.41, 5.74) is 1.41. The second-order valence-corrected chi connectivity index (χ2v) is 10.4. The average molecular weight is 442 g/mol. The van der Waals surface area contributed by atoms with Crippen molar-refractivity contribution in [3.8, 4) is 0 Å². The summed E-state index contributed by atoms with van der Waals surface area (Å²) in [6.45, 7) is 2.71. The molecule has 6 nitrogen and oxygen atoms in total. The highest BCUT2D eigenvalue weighted by Crippen LogP contribution is 2.63. The van der Waals surface area contributed by atoms with E-state index in [1.807, 2.05) is 6.07 Å². The maximum Gasteiger partial charge on any atom is 0.309 e. The summed E-state index contributed by atoms with van der Waals surface area (Å²) in [5.74, 6) is -0.0338. The highest BCUT2D eigenvalue weighted by Gasteiger charge is 2.62. The molecule has 0 radical (unpaired) electrons. The fourth-order valence-corrected chi connectivity index (χ4v) is 7.01. The van der Waals surface area contributed by atoms with Gasteiger partial charge in [0.25, 0.3) is 5.56 Å². The van der Waals surface area contributed by atoms with Crippen molar-refractivity contribution in [3.63, 3.8) is 0 Å². The Kier molecular flexibility index (Phi) is 4.88. The normalized spacial score (nSPS) is 31.0. The number of benzene rings is 1. The van der Waals surface area contributed by atoms with Crippen molar-refractivity contribution in [3.05, 3.63) is 57.0 Å². The topological polar surface area (TPSA) is 84.2 Å². The molecular formula is C24H28ClN3O3. The van der Waals surface area contributed by atoms with Gasteiger partial charge in [0, 0.05) is 6.54 Å². The summed E-state index contributed by atoms with van der Waals surface area (Å²) in [6, 6.07) is 8.33. The van der Waals surface area contributed by atoms with Gasteiger partial charge in [0.05, 0.1) is 22.8 Å². The van der Waals surface area contributed by atoms with Crippen LogP contribution in [0.15, 0.2) is 35.3 Å². The van der Waals surface area contributed by atoms with Gasteiger partial charge in [0.2, 0.25) is 0 Å². The van der Waals surface area contributed by atoms with Gasteiger partial charge >= 0.3 is 5.97 Å². The highest BCUT2D eigenvalue weighted by atomic mass is 35.5. The number of nitrogens with zero attached hydrogens (tertiary/aromatic N) is 2. The Hall–Kier alpha value is -2.34. The minimum atomic E-state index is -0.723. The minimum Gasteiger partial charge on any atom is -0.481 e. The second kappa shape index (κ2) is 7.37. The lowest BCUT2D eigenvalue weighted by Gasteiger charge is -2.60. The summed E-state index contributed by atoms with van der Waals surface area (Å²) >= 11 is 6.49. The number of carboxylic acid groups (broad SMARTS) is 1. The predicted molar refractivity (Wildman–Crippen MR) is 120 cm³/mol. The van der Waals surface area contributed by atoms with Crippen LogP contribution in [-0.2, 0) is 16.8 Å². The Morgan fingerprint density at radius 3 is 2.71 bits per heavy atom. The molecule has 0 unspecified atom stereocenters. The molecule has 4 bridgehead atoms. The molecule has 2 aromatic rings. The van der Waals surface area contributed by atoms with Crippen LogP contribution in [0.1, 0.15) is 49.7 Å². The number of rotatable bonds is 6. The van der Waals surface area contributed by atoms with Crippen LogP contribution in [-0.4, -0.2) is 27.4 Å². The number of anilines is 1. The van der Waals surface area contributed by atoms with E-state index in [-0.39, 0.29) is 10.6 Å². The third kappa shape index (κ3) is 3.45. The Bertz CT molecular complexity index is 1080. The van der Waals surface area contributed by atoms with Gasteiger partial charge < -0.3 is 10.4 Å².